The SMILES string of the molecule is C[C@@H](N)c1cccc(OCc2ccccc2)c1.Cl. The predicted octanol–water partition coefficient (Wildman–Crippen LogP) is 3.71. The molecule has 0 aliphatic heterocycles. The molecule has 2 aromatic carbocycles. The van der Waals surface area contributed by atoms with E-state index in [0.717, 1.165) is 11.3 Å². The van der Waals surface area contributed by atoms with Crippen LogP contribution in [0.2, 0.25) is 0 Å². The Morgan fingerprint density at radius 1 is 1.06 bits per heavy atom. The summed E-state index contributed by atoms with van der Waals surface area (Å²) < 4.78 is 5.73. The minimum Gasteiger partial charge on any atom is -0.489 e. The van der Waals surface area contributed by atoms with E-state index in [1.54, 1.807) is 0 Å². The molecule has 0 aromatic heterocycles. The molecule has 0 radical (unpaired) electrons. The Labute approximate surface area is 114 Å². The van der Waals surface area contributed by atoms with Crippen LogP contribution in [0.15, 0.2) is 54.6 Å². The van der Waals surface area contributed by atoms with Crippen LogP contribution >= 0.6 is 12.4 Å². The van der Waals surface area contributed by atoms with Gasteiger partial charge in [-0.15, -0.1) is 12.4 Å². The first-order chi connectivity index (χ1) is 8.25. The number of benzene rings is 2. The largest absolute Gasteiger partial charge is 0.489 e. The van der Waals surface area contributed by atoms with Gasteiger partial charge in [0, 0.05) is 6.04 Å². The molecular formula is C15H18ClNO. The van der Waals surface area contributed by atoms with Crippen molar-refractivity contribution in [2.75, 3.05) is 0 Å². The van der Waals surface area contributed by atoms with Gasteiger partial charge in [-0.2, -0.15) is 0 Å². The summed E-state index contributed by atoms with van der Waals surface area (Å²) in [5.41, 5.74) is 8.09. The summed E-state index contributed by atoms with van der Waals surface area (Å²) in [5.74, 6) is 0.864. The molecular weight excluding hydrogens is 246 g/mol. The summed E-state index contributed by atoms with van der Waals surface area (Å²) >= 11 is 0. The highest BCUT2D eigenvalue weighted by molar-refractivity contribution is 5.85. The van der Waals surface area contributed by atoms with Crippen LogP contribution in [0.1, 0.15) is 24.1 Å². The van der Waals surface area contributed by atoms with E-state index in [0.29, 0.717) is 6.61 Å². The van der Waals surface area contributed by atoms with Crippen molar-refractivity contribution in [3.63, 3.8) is 0 Å². The molecule has 0 aliphatic rings. The zero-order chi connectivity index (χ0) is 12.1. The molecule has 1 atom stereocenters. The second-order valence-electron chi connectivity index (χ2n) is 4.14. The first-order valence-corrected chi connectivity index (χ1v) is 5.78. The lowest BCUT2D eigenvalue weighted by Gasteiger charge is -2.10. The van der Waals surface area contributed by atoms with Gasteiger partial charge in [-0.1, -0.05) is 42.5 Å². The van der Waals surface area contributed by atoms with Gasteiger partial charge in [0.2, 0.25) is 0 Å². The van der Waals surface area contributed by atoms with Crippen molar-refractivity contribution in [1.82, 2.24) is 0 Å². The van der Waals surface area contributed by atoms with Gasteiger partial charge in [0.1, 0.15) is 12.4 Å². The molecule has 2 aromatic rings. The predicted molar refractivity (Wildman–Crippen MR) is 77.1 cm³/mol. The molecule has 0 aliphatic carbocycles. The van der Waals surface area contributed by atoms with Crippen LogP contribution in [0.3, 0.4) is 0 Å². The van der Waals surface area contributed by atoms with E-state index in [4.69, 9.17) is 10.5 Å². The van der Waals surface area contributed by atoms with Gasteiger partial charge < -0.3 is 10.5 Å². The van der Waals surface area contributed by atoms with E-state index >= 15 is 0 Å². The van der Waals surface area contributed by atoms with E-state index in [-0.39, 0.29) is 18.4 Å². The van der Waals surface area contributed by atoms with Gasteiger partial charge in [0.05, 0.1) is 0 Å². The van der Waals surface area contributed by atoms with Gasteiger partial charge in [-0.3, -0.25) is 0 Å². The summed E-state index contributed by atoms with van der Waals surface area (Å²) in [6, 6.07) is 18.1. The lowest BCUT2D eigenvalue weighted by molar-refractivity contribution is 0.306. The van der Waals surface area contributed by atoms with Crippen molar-refractivity contribution in [3.8, 4) is 5.75 Å². The molecule has 2 N–H and O–H groups in total. The fraction of sp³-hybridized carbons (Fsp3) is 0.200. The maximum absolute atomic E-state index is 5.83. The Bertz CT molecular complexity index is 471. The molecule has 0 bridgehead atoms. The van der Waals surface area contributed by atoms with Gasteiger partial charge >= 0.3 is 0 Å². The monoisotopic (exact) mass is 263 g/mol. The molecule has 96 valence electrons. The van der Waals surface area contributed by atoms with E-state index in [2.05, 4.69) is 12.1 Å². The summed E-state index contributed by atoms with van der Waals surface area (Å²) in [6.45, 7) is 2.56. The maximum Gasteiger partial charge on any atom is 0.120 e. The Morgan fingerprint density at radius 3 is 2.44 bits per heavy atom. The van der Waals surface area contributed by atoms with E-state index < -0.39 is 0 Å². The quantitative estimate of drug-likeness (QED) is 0.913. The average Bonchev–Trinajstić information content (AvgIpc) is 2.38. The Kier molecular flexibility index (Phi) is 5.69. The lowest BCUT2D eigenvalue weighted by atomic mass is 10.1. The molecule has 3 heteroatoms. The Morgan fingerprint density at radius 2 is 1.78 bits per heavy atom. The zero-order valence-electron chi connectivity index (χ0n) is 10.4. The highest BCUT2D eigenvalue weighted by atomic mass is 35.5. The number of ether oxygens (including phenoxy) is 1. The first-order valence-electron chi connectivity index (χ1n) is 5.78. The topological polar surface area (TPSA) is 35.2 Å². The van der Waals surface area contributed by atoms with E-state index in [9.17, 15) is 0 Å². The molecule has 0 heterocycles. The number of hydrogen-bond donors (Lipinski definition) is 1. The third-order valence-electron chi connectivity index (χ3n) is 2.63. The minimum atomic E-state index is 0. The van der Waals surface area contributed by atoms with E-state index in [1.165, 1.54) is 5.56 Å². The highest BCUT2D eigenvalue weighted by Gasteiger charge is 2.01. The first kappa shape index (κ1) is 14.6. The molecule has 0 unspecified atom stereocenters. The second kappa shape index (κ2) is 7.04. The van der Waals surface area contributed by atoms with Crippen molar-refractivity contribution in [2.45, 2.75) is 19.6 Å². The third kappa shape index (κ3) is 4.06. The normalized spacial score (nSPS) is 11.4. The van der Waals surface area contributed by atoms with Crippen LogP contribution in [0.5, 0.6) is 5.75 Å². The molecule has 18 heavy (non-hydrogen) atoms. The fourth-order valence-corrected chi connectivity index (χ4v) is 1.63. The third-order valence-corrected chi connectivity index (χ3v) is 2.63. The minimum absolute atomic E-state index is 0. The van der Waals surface area contributed by atoms with Crippen molar-refractivity contribution in [1.29, 1.82) is 0 Å². The van der Waals surface area contributed by atoms with E-state index in [1.807, 2.05) is 49.4 Å². The van der Waals surface area contributed by atoms with Gasteiger partial charge in [0.15, 0.2) is 0 Å². The zero-order valence-corrected chi connectivity index (χ0v) is 11.2. The molecule has 0 amide bonds. The van der Waals surface area contributed by atoms with Crippen LogP contribution in [-0.2, 0) is 6.61 Å². The number of halogens is 1. The number of rotatable bonds is 4. The maximum atomic E-state index is 5.83. The van der Waals surface area contributed by atoms with Crippen LogP contribution < -0.4 is 10.5 Å². The van der Waals surface area contributed by atoms with Crippen molar-refractivity contribution >= 4 is 12.4 Å². The molecule has 0 saturated heterocycles. The van der Waals surface area contributed by atoms with Crippen molar-refractivity contribution in [2.24, 2.45) is 5.73 Å². The standard InChI is InChI=1S/C15H17NO.ClH/c1-12(16)14-8-5-9-15(10-14)17-11-13-6-3-2-4-7-13;/h2-10,12H,11,16H2,1H3;1H/t12-;/m1./s1. The van der Waals surface area contributed by atoms with Gasteiger partial charge in [0.25, 0.3) is 0 Å². The lowest BCUT2D eigenvalue weighted by Crippen LogP contribution is -2.05. The van der Waals surface area contributed by atoms with Crippen LogP contribution in [0.4, 0.5) is 0 Å². The van der Waals surface area contributed by atoms with Crippen molar-refractivity contribution < 1.29 is 4.74 Å². The Balaban J connectivity index is 0.00000162. The summed E-state index contributed by atoms with van der Waals surface area (Å²) in [4.78, 5) is 0. The summed E-state index contributed by atoms with van der Waals surface area (Å²) in [6.07, 6.45) is 0. The molecule has 2 nitrogen and oxygen atoms in total. The molecule has 0 saturated carbocycles. The Hall–Kier alpha value is -1.51. The highest BCUT2D eigenvalue weighted by Crippen LogP contribution is 2.18. The number of hydrogen-bond acceptors (Lipinski definition) is 2. The van der Waals surface area contributed by atoms with Crippen LogP contribution in [0, 0.1) is 0 Å². The molecule has 2 rings (SSSR count). The summed E-state index contributed by atoms with van der Waals surface area (Å²) in [7, 11) is 0. The molecule has 0 fully saturated rings. The van der Waals surface area contributed by atoms with Gasteiger partial charge in [-0.05, 0) is 30.2 Å². The molecule has 0 spiro atoms. The van der Waals surface area contributed by atoms with Crippen molar-refractivity contribution in [3.05, 3.63) is 65.7 Å². The second-order valence-corrected chi connectivity index (χ2v) is 4.14. The van der Waals surface area contributed by atoms with Crippen LogP contribution in [0.25, 0.3) is 0 Å². The number of nitrogens with two attached hydrogens (primary N) is 1. The fourth-order valence-electron chi connectivity index (χ4n) is 1.63. The average molecular weight is 264 g/mol. The van der Waals surface area contributed by atoms with Crippen LogP contribution in [-0.4, -0.2) is 0 Å². The summed E-state index contributed by atoms with van der Waals surface area (Å²) in [5, 5.41) is 0. The smallest absolute Gasteiger partial charge is 0.120 e. The van der Waals surface area contributed by atoms with Gasteiger partial charge in [-0.25, -0.2) is 0 Å².